The fraction of sp³-hybridized carbons (Fsp3) is 1.00. The molecule has 0 spiro atoms. The van der Waals surface area contributed by atoms with Crippen LogP contribution in [0.1, 0.15) is 0 Å². The van der Waals surface area contributed by atoms with Gasteiger partial charge in [0.25, 0.3) is 0 Å². The summed E-state index contributed by atoms with van der Waals surface area (Å²) in [6.07, 6.45) is 0. The van der Waals surface area contributed by atoms with Gasteiger partial charge in [0, 0.05) is 0 Å². The molecule has 0 fully saturated rings. The molecule has 0 saturated heterocycles. The van der Waals surface area contributed by atoms with Crippen LogP contribution in [0.3, 0.4) is 0 Å². The number of rotatable bonds is 1. The van der Waals surface area contributed by atoms with Gasteiger partial charge in [0.15, 0.2) is 0 Å². The second-order valence-electron chi connectivity index (χ2n) is 2.35. The Bertz CT molecular complexity index is 77.5. The van der Waals surface area contributed by atoms with Crippen molar-refractivity contribution in [3.63, 3.8) is 0 Å². The van der Waals surface area contributed by atoms with Crippen LogP contribution in [-0.2, 0) is 0 Å². The average molecular weight is 198 g/mol. The van der Waals surface area contributed by atoms with E-state index in [1.54, 1.807) is 0 Å². The summed E-state index contributed by atoms with van der Waals surface area (Å²) in [7, 11) is 4.33. The van der Waals surface area contributed by atoms with Crippen LogP contribution >= 0.6 is 9.95 Å². The summed E-state index contributed by atoms with van der Waals surface area (Å²) in [4.78, 5) is 0. The van der Waals surface area contributed by atoms with Gasteiger partial charge in [0.1, 0.15) is 0 Å². The molecule has 0 aromatic rings. The zero-order valence-electron chi connectivity index (χ0n) is 4.77. The first kappa shape index (κ1) is 7.87. The first-order valence-electron chi connectivity index (χ1n) is 2.09. The van der Waals surface area contributed by atoms with Gasteiger partial charge in [-0.3, -0.25) is 0 Å². The number of hydrogen-bond donors (Lipinski definition) is 0. The van der Waals surface area contributed by atoms with Crippen molar-refractivity contribution < 1.29 is 0 Å². The Kier molecular flexibility index (Phi) is 3.38. The molecule has 0 saturated carbocycles. The van der Waals surface area contributed by atoms with E-state index in [0.717, 1.165) is 0 Å². The van der Waals surface area contributed by atoms with E-state index in [-0.39, 0.29) is 14.6 Å². The van der Waals surface area contributed by atoms with E-state index >= 15 is 0 Å². The third-order valence-electron chi connectivity index (χ3n) is 0.338. The average Bonchev–Trinajstić information content (AvgIpc) is 1.30. The van der Waals surface area contributed by atoms with Crippen molar-refractivity contribution in [2.24, 2.45) is 3.53 Å². The molecule has 1 nitrogen and oxygen atoms in total. The molecule has 0 heterocycles. The van der Waals surface area contributed by atoms with Crippen LogP contribution in [0.2, 0.25) is 19.6 Å². The van der Waals surface area contributed by atoms with Gasteiger partial charge in [-0.2, -0.15) is 0 Å². The van der Waals surface area contributed by atoms with Crippen LogP contribution in [0.4, 0.5) is 0 Å². The summed E-state index contributed by atoms with van der Waals surface area (Å²) < 4.78 is 4.26. The van der Waals surface area contributed by atoms with Crippen LogP contribution in [0.25, 0.3) is 0 Å². The van der Waals surface area contributed by atoms with E-state index in [2.05, 4.69) is 23.2 Å². The van der Waals surface area contributed by atoms with Crippen molar-refractivity contribution in [3.05, 3.63) is 0 Å². The molecule has 0 aliphatic rings. The van der Waals surface area contributed by atoms with E-state index in [1.165, 1.54) is 0 Å². The van der Waals surface area contributed by atoms with Gasteiger partial charge in [-0.15, -0.1) is 0 Å². The number of nitrogens with zero attached hydrogens (tertiary/aromatic N) is 1. The summed E-state index contributed by atoms with van der Waals surface area (Å²) in [5.41, 5.74) is 0. The molecular weight excluding hydrogens is 189 g/mol. The molecule has 7 heavy (non-hydrogen) atoms. The molecule has 42 valence electrons. The predicted octanol–water partition coefficient (Wildman–Crippen LogP) is 1.86. The summed E-state index contributed by atoms with van der Waals surface area (Å²) in [6.45, 7) is 6.56. The molecule has 0 aromatic heterocycles. The second kappa shape index (κ2) is 3.01. The molecule has 0 amide bonds. The molecular formula is C3H9AsClNSi. The number of hydrogen-bond acceptors (Lipinski definition) is 1. The Balaban J connectivity index is 3.56. The van der Waals surface area contributed by atoms with Crippen molar-refractivity contribution in [1.82, 2.24) is 0 Å². The molecule has 0 atom stereocenters. The van der Waals surface area contributed by atoms with Gasteiger partial charge in [-0.1, -0.05) is 0 Å². The standard InChI is InChI=1S/C3H9AsClNSi/c1-7(2,3)6-4-5/h1-3H3. The zero-order valence-corrected chi connectivity index (χ0v) is 8.40. The van der Waals surface area contributed by atoms with Crippen molar-refractivity contribution in [2.75, 3.05) is 0 Å². The minimum absolute atomic E-state index is 0.207. The quantitative estimate of drug-likeness (QED) is 0.569. The van der Waals surface area contributed by atoms with Gasteiger partial charge in [-0.05, 0) is 0 Å². The molecule has 4 heteroatoms. The summed E-state index contributed by atoms with van der Waals surface area (Å²) in [5.74, 6) is 0. The normalized spacial score (nSPS) is 13.1. The molecule has 0 aromatic carbocycles. The maximum atomic E-state index is 5.45. The van der Waals surface area contributed by atoms with Gasteiger partial charge in [0.05, 0.1) is 0 Å². The van der Waals surface area contributed by atoms with Gasteiger partial charge in [0.2, 0.25) is 0 Å². The zero-order chi connectivity index (χ0) is 5.91. The van der Waals surface area contributed by atoms with E-state index in [1.807, 2.05) is 0 Å². The van der Waals surface area contributed by atoms with E-state index in [9.17, 15) is 0 Å². The van der Waals surface area contributed by atoms with Crippen LogP contribution in [0.5, 0.6) is 0 Å². The van der Waals surface area contributed by atoms with E-state index in [4.69, 9.17) is 9.95 Å². The van der Waals surface area contributed by atoms with Crippen LogP contribution in [0, 0.1) is 0 Å². The molecule has 0 radical (unpaired) electrons. The Morgan fingerprint density at radius 3 is 1.86 bits per heavy atom. The van der Waals surface area contributed by atoms with Crippen molar-refractivity contribution in [2.45, 2.75) is 19.6 Å². The van der Waals surface area contributed by atoms with E-state index < -0.39 is 8.24 Å². The SMILES string of the molecule is C[Si](C)(C)N=[As]Cl. The Labute approximate surface area is 56.2 Å². The topological polar surface area (TPSA) is 12.4 Å². The third kappa shape index (κ3) is 6.87. The van der Waals surface area contributed by atoms with E-state index in [0.29, 0.717) is 0 Å². The molecule has 0 N–H and O–H groups in total. The summed E-state index contributed by atoms with van der Waals surface area (Å²) in [6, 6.07) is 0. The van der Waals surface area contributed by atoms with Crippen LogP contribution < -0.4 is 0 Å². The van der Waals surface area contributed by atoms with Gasteiger partial charge in [-0.25, -0.2) is 0 Å². The van der Waals surface area contributed by atoms with Crippen molar-refractivity contribution >= 4 is 32.8 Å². The fourth-order valence-electron chi connectivity index (χ4n) is 0.113. The maximum absolute atomic E-state index is 5.45. The second-order valence-corrected chi connectivity index (χ2v) is 9.25. The molecule has 0 aliphatic heterocycles. The fourth-order valence-corrected chi connectivity index (χ4v) is 5.30. The summed E-state index contributed by atoms with van der Waals surface area (Å²) >= 11 is -0.207. The van der Waals surface area contributed by atoms with Gasteiger partial charge < -0.3 is 0 Å². The first-order valence-corrected chi connectivity index (χ1v) is 8.84. The van der Waals surface area contributed by atoms with Gasteiger partial charge >= 0.3 is 56.0 Å². The van der Waals surface area contributed by atoms with Crippen molar-refractivity contribution in [1.29, 1.82) is 0 Å². The molecule has 0 aliphatic carbocycles. The monoisotopic (exact) mass is 197 g/mol. The molecule has 0 bridgehead atoms. The Morgan fingerprint density at radius 2 is 1.86 bits per heavy atom. The predicted molar refractivity (Wildman–Crippen MR) is 37.4 cm³/mol. The Morgan fingerprint density at radius 1 is 1.43 bits per heavy atom. The Hall–Kier alpha value is 0.865. The minimum atomic E-state index is -1.12. The molecule has 0 unspecified atom stereocenters. The van der Waals surface area contributed by atoms with Crippen LogP contribution in [0.15, 0.2) is 3.53 Å². The summed E-state index contributed by atoms with van der Waals surface area (Å²) in [5, 5.41) is 0. The first-order chi connectivity index (χ1) is 3.06. The van der Waals surface area contributed by atoms with Crippen molar-refractivity contribution in [3.8, 4) is 0 Å². The third-order valence-corrected chi connectivity index (χ3v) is 6.44. The van der Waals surface area contributed by atoms with Crippen LogP contribution in [-0.4, -0.2) is 22.9 Å². The molecule has 0 rings (SSSR count). The number of halogens is 1.